The van der Waals surface area contributed by atoms with Crippen molar-refractivity contribution in [3.8, 4) is 0 Å². The van der Waals surface area contributed by atoms with Gasteiger partial charge in [-0.25, -0.2) is 8.42 Å². The Balaban J connectivity index is 2.38. The van der Waals surface area contributed by atoms with E-state index in [4.69, 9.17) is 10.5 Å². The van der Waals surface area contributed by atoms with Gasteiger partial charge in [0.25, 0.3) is 0 Å². The molecular weight excluding hydrogens is 344 g/mol. The maximum absolute atomic E-state index is 12.8. The highest BCUT2D eigenvalue weighted by Gasteiger charge is 2.33. The summed E-state index contributed by atoms with van der Waals surface area (Å²) in [6.45, 7) is 7.97. The van der Waals surface area contributed by atoms with Gasteiger partial charge in [-0.15, -0.1) is 10.2 Å². The Bertz CT molecular complexity index is 715. The number of hydrogen-bond acceptors (Lipinski definition) is 7. The maximum atomic E-state index is 12.8. The Morgan fingerprint density at radius 1 is 1.40 bits per heavy atom. The van der Waals surface area contributed by atoms with E-state index in [-0.39, 0.29) is 17.0 Å². The van der Waals surface area contributed by atoms with E-state index in [0.717, 1.165) is 12.8 Å². The molecule has 8 nitrogen and oxygen atoms in total. The van der Waals surface area contributed by atoms with Crippen LogP contribution in [0.2, 0.25) is 0 Å². The molecule has 9 heteroatoms. The van der Waals surface area contributed by atoms with Gasteiger partial charge in [-0.2, -0.15) is 0 Å². The number of ether oxygens (including phenoxy) is 1. The summed E-state index contributed by atoms with van der Waals surface area (Å²) >= 11 is 0. The molecule has 1 aliphatic rings. The number of Topliss-reactive ketones (excluding diaryl/α,β-unsaturated/α-hetero) is 1. The van der Waals surface area contributed by atoms with Crippen LogP contribution in [0.4, 0.5) is 0 Å². The summed E-state index contributed by atoms with van der Waals surface area (Å²) in [7, 11) is -3.91. The van der Waals surface area contributed by atoms with Crippen LogP contribution in [0.15, 0.2) is 5.16 Å². The van der Waals surface area contributed by atoms with Crippen LogP contribution in [-0.2, 0) is 25.9 Å². The first-order chi connectivity index (χ1) is 11.6. The third-order valence-electron chi connectivity index (χ3n) is 4.36. The molecule has 2 unspecified atom stereocenters. The van der Waals surface area contributed by atoms with Crippen molar-refractivity contribution in [3.05, 3.63) is 5.82 Å². The summed E-state index contributed by atoms with van der Waals surface area (Å²) < 4.78 is 32.7. The van der Waals surface area contributed by atoms with Gasteiger partial charge in [0.15, 0.2) is 11.6 Å². The molecule has 2 heterocycles. The zero-order chi connectivity index (χ0) is 18.8. The molecule has 2 N–H and O–H groups in total. The van der Waals surface area contributed by atoms with Gasteiger partial charge in [0.2, 0.25) is 15.0 Å². The second kappa shape index (κ2) is 7.51. The highest BCUT2D eigenvalue weighted by atomic mass is 32.2. The first-order valence-corrected chi connectivity index (χ1v) is 10.3. The largest absolute Gasteiger partial charge is 0.376 e. The molecule has 0 spiro atoms. The standard InChI is InChI=1S/C16H28N4O4S/c1-5-12(17)14-18-19-15(20(14)9-11-7-6-8-24-11)25(22,23)10-13(21)16(2,3)4/h11-12H,5-10,17H2,1-4H3. The van der Waals surface area contributed by atoms with Crippen molar-refractivity contribution >= 4 is 15.6 Å². The molecule has 2 rings (SSSR count). The molecule has 0 aliphatic carbocycles. The minimum Gasteiger partial charge on any atom is -0.376 e. The van der Waals surface area contributed by atoms with Crippen molar-refractivity contribution in [2.24, 2.45) is 11.1 Å². The summed E-state index contributed by atoms with van der Waals surface area (Å²) in [6.07, 6.45) is 2.29. The number of ketones is 1. The van der Waals surface area contributed by atoms with Crippen molar-refractivity contribution < 1.29 is 17.9 Å². The smallest absolute Gasteiger partial charge is 0.250 e. The van der Waals surface area contributed by atoms with Crippen LogP contribution < -0.4 is 5.73 Å². The molecule has 1 aromatic heterocycles. The van der Waals surface area contributed by atoms with Crippen LogP contribution in [0.1, 0.15) is 58.8 Å². The molecule has 25 heavy (non-hydrogen) atoms. The van der Waals surface area contributed by atoms with E-state index in [0.29, 0.717) is 25.4 Å². The fourth-order valence-electron chi connectivity index (χ4n) is 2.60. The van der Waals surface area contributed by atoms with Crippen LogP contribution in [0.3, 0.4) is 0 Å². The predicted molar refractivity (Wildman–Crippen MR) is 92.7 cm³/mol. The van der Waals surface area contributed by atoms with Gasteiger partial charge in [0, 0.05) is 12.0 Å². The molecule has 1 saturated heterocycles. The molecule has 0 aromatic carbocycles. The number of carbonyl (C=O) groups excluding carboxylic acids is 1. The van der Waals surface area contributed by atoms with E-state index in [9.17, 15) is 13.2 Å². The SMILES string of the molecule is CCC(N)c1nnc(S(=O)(=O)CC(=O)C(C)(C)C)n1CC1CCCO1. The van der Waals surface area contributed by atoms with Crippen molar-refractivity contribution in [1.29, 1.82) is 0 Å². The van der Waals surface area contributed by atoms with Crippen molar-refractivity contribution in [1.82, 2.24) is 14.8 Å². The van der Waals surface area contributed by atoms with Gasteiger partial charge in [-0.05, 0) is 19.3 Å². The summed E-state index contributed by atoms with van der Waals surface area (Å²) in [5.74, 6) is -0.540. The van der Waals surface area contributed by atoms with Crippen LogP contribution >= 0.6 is 0 Å². The third-order valence-corrected chi connectivity index (χ3v) is 5.86. The third kappa shape index (κ3) is 4.65. The number of nitrogens with zero attached hydrogens (tertiary/aromatic N) is 3. The van der Waals surface area contributed by atoms with Crippen LogP contribution in [0.5, 0.6) is 0 Å². The molecule has 0 amide bonds. The fourth-order valence-corrected chi connectivity index (χ4v) is 4.18. The highest BCUT2D eigenvalue weighted by Crippen LogP contribution is 2.23. The van der Waals surface area contributed by atoms with Gasteiger partial charge >= 0.3 is 0 Å². The number of hydrogen-bond donors (Lipinski definition) is 1. The molecule has 0 bridgehead atoms. The van der Waals surface area contributed by atoms with Crippen molar-refractivity contribution in [2.75, 3.05) is 12.4 Å². The van der Waals surface area contributed by atoms with Gasteiger partial charge in [0.1, 0.15) is 5.75 Å². The van der Waals surface area contributed by atoms with Crippen LogP contribution in [-0.4, -0.2) is 47.4 Å². The molecule has 1 aromatic rings. The molecular formula is C16H28N4O4S. The maximum Gasteiger partial charge on any atom is 0.250 e. The second-order valence-corrected chi connectivity index (χ2v) is 9.42. The molecule has 1 aliphatic heterocycles. The lowest BCUT2D eigenvalue weighted by Gasteiger charge is -2.18. The zero-order valence-electron chi connectivity index (χ0n) is 15.4. The Labute approximate surface area is 149 Å². The molecule has 142 valence electrons. The minimum atomic E-state index is -3.91. The summed E-state index contributed by atoms with van der Waals surface area (Å²) in [5.41, 5.74) is 5.33. The molecule has 0 saturated carbocycles. The monoisotopic (exact) mass is 372 g/mol. The summed E-state index contributed by atoms with van der Waals surface area (Å²) in [6, 6.07) is -0.420. The second-order valence-electron chi connectivity index (χ2n) is 7.53. The normalized spacial score (nSPS) is 20.0. The van der Waals surface area contributed by atoms with Crippen LogP contribution in [0.25, 0.3) is 0 Å². The van der Waals surface area contributed by atoms with E-state index < -0.39 is 27.0 Å². The molecule has 1 fully saturated rings. The first-order valence-electron chi connectivity index (χ1n) is 8.62. The van der Waals surface area contributed by atoms with E-state index >= 15 is 0 Å². The van der Waals surface area contributed by atoms with E-state index in [1.807, 2.05) is 6.92 Å². The van der Waals surface area contributed by atoms with E-state index in [2.05, 4.69) is 10.2 Å². The van der Waals surface area contributed by atoms with Crippen molar-refractivity contribution in [2.45, 2.75) is 70.8 Å². The van der Waals surface area contributed by atoms with Gasteiger partial charge in [-0.1, -0.05) is 27.7 Å². The lowest BCUT2D eigenvalue weighted by atomic mass is 9.92. The Morgan fingerprint density at radius 2 is 2.08 bits per heavy atom. The average molecular weight is 372 g/mol. The first kappa shape index (κ1) is 20.0. The van der Waals surface area contributed by atoms with E-state index in [1.165, 1.54) is 4.57 Å². The number of sulfone groups is 1. The van der Waals surface area contributed by atoms with Gasteiger partial charge in [0.05, 0.1) is 18.7 Å². The number of carbonyl (C=O) groups is 1. The number of rotatable bonds is 7. The van der Waals surface area contributed by atoms with Gasteiger partial charge < -0.3 is 10.5 Å². The van der Waals surface area contributed by atoms with Crippen molar-refractivity contribution in [3.63, 3.8) is 0 Å². The Kier molecular flexibility index (Phi) is 6.01. The number of nitrogens with two attached hydrogens (primary N) is 1. The Hall–Kier alpha value is -1.32. The Morgan fingerprint density at radius 3 is 2.60 bits per heavy atom. The summed E-state index contributed by atoms with van der Waals surface area (Å²) in [5, 5.41) is 7.68. The zero-order valence-corrected chi connectivity index (χ0v) is 16.2. The topological polar surface area (TPSA) is 117 Å². The van der Waals surface area contributed by atoms with Gasteiger partial charge in [-0.3, -0.25) is 9.36 Å². The number of aromatic nitrogens is 3. The highest BCUT2D eigenvalue weighted by molar-refractivity contribution is 7.92. The lowest BCUT2D eigenvalue weighted by Crippen LogP contribution is -2.30. The lowest BCUT2D eigenvalue weighted by molar-refractivity contribution is -0.123. The summed E-state index contributed by atoms with van der Waals surface area (Å²) in [4.78, 5) is 12.2. The van der Waals surface area contributed by atoms with Crippen LogP contribution in [0, 0.1) is 5.41 Å². The molecule has 2 atom stereocenters. The predicted octanol–water partition coefficient (Wildman–Crippen LogP) is 1.26. The quantitative estimate of drug-likeness (QED) is 0.765. The average Bonchev–Trinajstić information content (AvgIpc) is 3.15. The fraction of sp³-hybridized carbons (Fsp3) is 0.812. The molecule has 0 radical (unpaired) electrons. The minimum absolute atomic E-state index is 0.0916. The van der Waals surface area contributed by atoms with E-state index in [1.54, 1.807) is 20.8 Å².